The van der Waals surface area contributed by atoms with E-state index in [4.69, 9.17) is 11.6 Å². The van der Waals surface area contributed by atoms with Crippen molar-refractivity contribution >= 4 is 17.5 Å². The number of hydrogen-bond acceptors (Lipinski definition) is 2. The molecule has 1 heterocycles. The van der Waals surface area contributed by atoms with Crippen LogP contribution in [0.5, 0.6) is 0 Å². The minimum atomic E-state index is -0.120. The van der Waals surface area contributed by atoms with Gasteiger partial charge in [-0.2, -0.15) is 0 Å². The molecule has 0 saturated carbocycles. The lowest BCUT2D eigenvalue weighted by atomic mass is 10.2. The maximum atomic E-state index is 11.5. The molecule has 1 aromatic rings. The van der Waals surface area contributed by atoms with Crippen molar-refractivity contribution in [2.75, 3.05) is 12.4 Å². The van der Waals surface area contributed by atoms with E-state index in [2.05, 4.69) is 10.3 Å². The van der Waals surface area contributed by atoms with Crippen LogP contribution in [0.1, 0.15) is 15.9 Å². The van der Waals surface area contributed by atoms with Gasteiger partial charge in [0.15, 0.2) is 0 Å². The Bertz CT molecular complexity index is 363. The molecule has 0 aromatic carbocycles. The molecular weight excluding hydrogens is 212 g/mol. The molecule has 80 valence electrons. The molecule has 1 rings (SSSR count). The second-order valence-electron chi connectivity index (χ2n) is 3.09. The van der Waals surface area contributed by atoms with E-state index in [0.29, 0.717) is 18.0 Å². The smallest absolute Gasteiger partial charge is 0.253 e. The number of alkyl halides is 1. The Kier molecular flexibility index (Phi) is 4.84. The van der Waals surface area contributed by atoms with Crippen LogP contribution in [0.15, 0.2) is 30.6 Å². The summed E-state index contributed by atoms with van der Waals surface area (Å²) in [5.74, 6) is 0.340. The molecule has 0 saturated heterocycles. The van der Waals surface area contributed by atoms with Crippen LogP contribution in [-0.2, 0) is 0 Å². The molecule has 0 fully saturated rings. The van der Waals surface area contributed by atoms with Gasteiger partial charge in [0, 0.05) is 24.8 Å². The van der Waals surface area contributed by atoms with Crippen molar-refractivity contribution in [1.82, 2.24) is 10.3 Å². The number of nitrogens with zero attached hydrogens (tertiary/aromatic N) is 1. The minimum absolute atomic E-state index is 0.120. The van der Waals surface area contributed by atoms with E-state index in [1.807, 2.05) is 13.0 Å². The fourth-order valence-corrected chi connectivity index (χ4v) is 1.21. The van der Waals surface area contributed by atoms with E-state index in [1.54, 1.807) is 24.5 Å². The highest BCUT2D eigenvalue weighted by Crippen LogP contribution is 2.00. The lowest BCUT2D eigenvalue weighted by molar-refractivity contribution is 0.0957. The van der Waals surface area contributed by atoms with Crippen molar-refractivity contribution in [2.45, 2.75) is 6.92 Å². The van der Waals surface area contributed by atoms with Crippen molar-refractivity contribution in [3.8, 4) is 0 Å². The Morgan fingerprint density at radius 3 is 3.00 bits per heavy atom. The maximum Gasteiger partial charge on any atom is 0.253 e. The molecule has 1 aromatic heterocycles. The lowest BCUT2D eigenvalue weighted by Crippen LogP contribution is -2.23. The molecule has 0 radical (unpaired) electrons. The highest BCUT2D eigenvalue weighted by atomic mass is 35.5. The van der Waals surface area contributed by atoms with Crippen LogP contribution in [0, 0.1) is 6.92 Å². The van der Waals surface area contributed by atoms with Crippen LogP contribution >= 0.6 is 11.6 Å². The molecule has 0 aliphatic carbocycles. The van der Waals surface area contributed by atoms with Gasteiger partial charge in [0.2, 0.25) is 0 Å². The third kappa shape index (κ3) is 4.13. The average molecular weight is 225 g/mol. The molecule has 0 unspecified atom stereocenters. The number of nitrogens with one attached hydrogen (secondary N) is 1. The normalized spacial score (nSPS) is 10.5. The topological polar surface area (TPSA) is 42.0 Å². The van der Waals surface area contributed by atoms with Crippen molar-refractivity contribution < 1.29 is 4.79 Å². The zero-order chi connectivity index (χ0) is 11.1. The number of rotatable bonds is 4. The fourth-order valence-electron chi connectivity index (χ4n) is 1.08. The van der Waals surface area contributed by atoms with Crippen LogP contribution in [-0.4, -0.2) is 23.3 Å². The molecule has 3 nitrogen and oxygen atoms in total. The van der Waals surface area contributed by atoms with Gasteiger partial charge in [-0.3, -0.25) is 9.78 Å². The highest BCUT2D eigenvalue weighted by Gasteiger charge is 2.03. The van der Waals surface area contributed by atoms with Crippen LogP contribution in [0.3, 0.4) is 0 Å². The molecule has 0 aliphatic heterocycles. The number of aromatic nitrogens is 1. The Labute approximate surface area is 94.2 Å². The third-order valence-electron chi connectivity index (χ3n) is 1.77. The second kappa shape index (κ2) is 6.19. The quantitative estimate of drug-likeness (QED) is 0.627. The van der Waals surface area contributed by atoms with E-state index in [-0.39, 0.29) is 5.91 Å². The van der Waals surface area contributed by atoms with Crippen molar-refractivity contribution in [2.24, 2.45) is 0 Å². The zero-order valence-electron chi connectivity index (χ0n) is 8.53. The summed E-state index contributed by atoms with van der Waals surface area (Å²) in [4.78, 5) is 15.5. The molecule has 4 heteroatoms. The third-order valence-corrected chi connectivity index (χ3v) is 1.95. The molecule has 1 N–H and O–H groups in total. The van der Waals surface area contributed by atoms with E-state index >= 15 is 0 Å². The number of halogens is 1. The second-order valence-corrected chi connectivity index (χ2v) is 3.40. The number of carbonyl (C=O) groups is 1. The summed E-state index contributed by atoms with van der Waals surface area (Å²) in [6, 6.07) is 1.80. The van der Waals surface area contributed by atoms with Crippen molar-refractivity contribution in [3.63, 3.8) is 0 Å². The molecule has 15 heavy (non-hydrogen) atoms. The summed E-state index contributed by atoms with van der Waals surface area (Å²) in [7, 11) is 0. The van der Waals surface area contributed by atoms with Gasteiger partial charge in [0.1, 0.15) is 0 Å². The van der Waals surface area contributed by atoms with E-state index in [1.165, 1.54) is 0 Å². The zero-order valence-corrected chi connectivity index (χ0v) is 9.29. The standard InChI is InChI=1S/C11H13ClN2O/c1-9-6-10(8-13-7-9)11(15)14-5-3-2-4-12/h2-3,6-8H,4-5H2,1H3,(H,14,15)/b3-2+. The van der Waals surface area contributed by atoms with Gasteiger partial charge in [-0.25, -0.2) is 0 Å². The molecule has 1 amide bonds. The van der Waals surface area contributed by atoms with Crippen LogP contribution in [0.4, 0.5) is 0 Å². The minimum Gasteiger partial charge on any atom is -0.349 e. The molecule has 0 bridgehead atoms. The summed E-state index contributed by atoms with van der Waals surface area (Å²) in [5.41, 5.74) is 1.55. The first-order valence-corrected chi connectivity index (χ1v) is 5.18. The van der Waals surface area contributed by atoms with Gasteiger partial charge in [0.25, 0.3) is 5.91 Å². The molecule has 0 atom stereocenters. The van der Waals surface area contributed by atoms with Crippen LogP contribution in [0.2, 0.25) is 0 Å². The first kappa shape index (κ1) is 11.7. The van der Waals surface area contributed by atoms with Gasteiger partial charge >= 0.3 is 0 Å². The van der Waals surface area contributed by atoms with Crippen molar-refractivity contribution in [1.29, 1.82) is 0 Å². The number of amides is 1. The number of aryl methyl sites for hydroxylation is 1. The summed E-state index contributed by atoms with van der Waals surface area (Å²) in [5, 5.41) is 2.74. The van der Waals surface area contributed by atoms with Gasteiger partial charge in [-0.1, -0.05) is 12.2 Å². The monoisotopic (exact) mass is 224 g/mol. The molecule has 0 spiro atoms. The Hall–Kier alpha value is -1.35. The van der Waals surface area contributed by atoms with E-state index in [0.717, 1.165) is 5.56 Å². The van der Waals surface area contributed by atoms with Gasteiger partial charge < -0.3 is 5.32 Å². The number of carbonyl (C=O) groups excluding carboxylic acids is 1. The number of pyridine rings is 1. The van der Waals surface area contributed by atoms with E-state index < -0.39 is 0 Å². The first-order valence-electron chi connectivity index (χ1n) is 4.65. The van der Waals surface area contributed by atoms with Crippen LogP contribution < -0.4 is 5.32 Å². The van der Waals surface area contributed by atoms with Gasteiger partial charge in [-0.05, 0) is 18.6 Å². The van der Waals surface area contributed by atoms with E-state index in [9.17, 15) is 4.79 Å². The summed E-state index contributed by atoms with van der Waals surface area (Å²) >= 11 is 5.45. The largest absolute Gasteiger partial charge is 0.349 e. The highest BCUT2D eigenvalue weighted by molar-refractivity contribution is 6.18. The predicted molar refractivity (Wildman–Crippen MR) is 61.2 cm³/mol. The summed E-state index contributed by atoms with van der Waals surface area (Å²) < 4.78 is 0. The Morgan fingerprint density at radius 1 is 1.53 bits per heavy atom. The Balaban J connectivity index is 2.50. The SMILES string of the molecule is Cc1cncc(C(=O)NC/C=C/CCl)c1. The average Bonchev–Trinajstić information content (AvgIpc) is 2.24. The molecule has 0 aliphatic rings. The number of hydrogen-bond donors (Lipinski definition) is 1. The summed E-state index contributed by atoms with van der Waals surface area (Å²) in [6.07, 6.45) is 6.86. The predicted octanol–water partition coefficient (Wildman–Crippen LogP) is 1.91. The number of allylic oxidation sites excluding steroid dienone is 1. The van der Waals surface area contributed by atoms with Gasteiger partial charge in [0.05, 0.1) is 5.56 Å². The van der Waals surface area contributed by atoms with Crippen molar-refractivity contribution in [3.05, 3.63) is 41.7 Å². The lowest BCUT2D eigenvalue weighted by Gasteiger charge is -2.02. The maximum absolute atomic E-state index is 11.5. The molecular formula is C11H13ClN2O. The first-order chi connectivity index (χ1) is 7.24. The fraction of sp³-hybridized carbons (Fsp3) is 0.273. The summed E-state index contributed by atoms with van der Waals surface area (Å²) in [6.45, 7) is 2.39. The Morgan fingerprint density at radius 2 is 2.33 bits per heavy atom. The van der Waals surface area contributed by atoms with Gasteiger partial charge in [-0.15, -0.1) is 11.6 Å². The van der Waals surface area contributed by atoms with Crippen LogP contribution in [0.25, 0.3) is 0 Å².